The minimum absolute atomic E-state index is 0.0120. The maximum atomic E-state index is 13.1. The van der Waals surface area contributed by atoms with Gasteiger partial charge in [-0.1, -0.05) is 74.5 Å². The van der Waals surface area contributed by atoms with E-state index in [4.69, 9.17) is 16.6 Å². The van der Waals surface area contributed by atoms with Crippen LogP contribution in [0.15, 0.2) is 53.7 Å². The van der Waals surface area contributed by atoms with Gasteiger partial charge >= 0.3 is 0 Å². The summed E-state index contributed by atoms with van der Waals surface area (Å²) in [7, 11) is 0. The van der Waals surface area contributed by atoms with Crippen molar-refractivity contribution in [1.82, 2.24) is 29.5 Å². The number of thioether (sulfide) groups is 1. The van der Waals surface area contributed by atoms with Crippen LogP contribution in [0.5, 0.6) is 0 Å². The molecule has 0 aliphatic carbocycles. The fourth-order valence-electron chi connectivity index (χ4n) is 5.06. The lowest BCUT2D eigenvalue weighted by Gasteiger charge is -2.40. The van der Waals surface area contributed by atoms with E-state index in [-0.39, 0.29) is 29.0 Å². The number of piperazine rings is 1. The van der Waals surface area contributed by atoms with Crippen LogP contribution in [0.4, 0.5) is 0 Å². The van der Waals surface area contributed by atoms with E-state index in [1.165, 1.54) is 11.8 Å². The molecule has 1 saturated heterocycles. The van der Waals surface area contributed by atoms with E-state index in [1.807, 2.05) is 65.3 Å². The summed E-state index contributed by atoms with van der Waals surface area (Å²) in [5.41, 5.74) is 3.46. The highest BCUT2D eigenvalue weighted by Gasteiger charge is 2.31. The highest BCUT2D eigenvalue weighted by Crippen LogP contribution is 2.29. The molecule has 1 unspecified atom stereocenters. The first kappa shape index (κ1) is 27.4. The molecule has 3 heterocycles. The highest BCUT2D eigenvalue weighted by molar-refractivity contribution is 7.99. The van der Waals surface area contributed by atoms with Crippen LogP contribution in [0, 0.1) is 5.41 Å². The van der Waals surface area contributed by atoms with E-state index in [9.17, 15) is 9.59 Å². The van der Waals surface area contributed by atoms with Crippen LogP contribution in [-0.4, -0.2) is 72.8 Å². The molecule has 0 spiro atoms. The van der Waals surface area contributed by atoms with Gasteiger partial charge in [0.15, 0.2) is 5.65 Å². The third kappa shape index (κ3) is 6.20. The summed E-state index contributed by atoms with van der Waals surface area (Å²) in [4.78, 5) is 34.4. The monoisotopic (exact) mass is 564 g/mol. The molecule has 0 saturated carbocycles. The number of hydrogen-bond acceptors (Lipinski definition) is 6. The molecule has 204 valence electrons. The minimum atomic E-state index is -0.0601. The number of amides is 2. The van der Waals surface area contributed by atoms with Gasteiger partial charge in [0.05, 0.1) is 11.3 Å². The molecule has 8 nitrogen and oxygen atoms in total. The number of fused-ring (bicyclic) bond motifs is 3. The van der Waals surface area contributed by atoms with Gasteiger partial charge in [-0.2, -0.15) is 0 Å². The zero-order valence-corrected chi connectivity index (χ0v) is 24.3. The predicted molar refractivity (Wildman–Crippen MR) is 156 cm³/mol. The number of carbonyl (C=O) groups is 2. The molecule has 0 N–H and O–H groups in total. The third-order valence-electron chi connectivity index (χ3n) is 6.89. The Kier molecular flexibility index (Phi) is 7.82. The zero-order valence-electron chi connectivity index (χ0n) is 22.7. The molecule has 1 fully saturated rings. The molecule has 1 aliphatic rings. The number of benzene rings is 2. The number of carbonyl (C=O) groups excluding carboxylic acids is 2. The van der Waals surface area contributed by atoms with Gasteiger partial charge in [-0.15, -0.1) is 10.2 Å². The fourth-order valence-corrected chi connectivity index (χ4v) is 5.95. The number of nitrogens with zero attached hydrogens (tertiary/aromatic N) is 6. The van der Waals surface area contributed by atoms with Crippen LogP contribution in [0.3, 0.4) is 0 Å². The molecule has 0 bridgehead atoms. The smallest absolute Gasteiger partial charge is 0.233 e. The van der Waals surface area contributed by atoms with Gasteiger partial charge < -0.3 is 14.4 Å². The third-order valence-corrected chi connectivity index (χ3v) is 7.95. The van der Waals surface area contributed by atoms with Gasteiger partial charge in [0.1, 0.15) is 5.52 Å². The average Bonchev–Trinajstić information content (AvgIpc) is 3.19. The summed E-state index contributed by atoms with van der Waals surface area (Å²) in [6.07, 6.45) is 0.502. The number of rotatable bonds is 6. The molecule has 5 rings (SSSR count). The Morgan fingerprint density at radius 2 is 1.85 bits per heavy atom. The number of hydrogen-bond donors (Lipinski definition) is 0. The van der Waals surface area contributed by atoms with Crippen molar-refractivity contribution in [3.63, 3.8) is 0 Å². The summed E-state index contributed by atoms with van der Waals surface area (Å²) < 4.78 is 2.12. The van der Waals surface area contributed by atoms with Crippen molar-refractivity contribution in [2.45, 2.75) is 51.9 Å². The first-order chi connectivity index (χ1) is 18.6. The molecular weight excluding hydrogens is 532 g/mol. The van der Waals surface area contributed by atoms with Crippen molar-refractivity contribution in [2.24, 2.45) is 5.41 Å². The molecule has 1 aliphatic heterocycles. The first-order valence-electron chi connectivity index (χ1n) is 13.2. The van der Waals surface area contributed by atoms with E-state index in [1.54, 1.807) is 0 Å². The van der Waals surface area contributed by atoms with Crippen molar-refractivity contribution in [3.05, 3.63) is 59.1 Å². The lowest BCUT2D eigenvalue weighted by atomic mass is 9.91. The molecule has 2 aromatic heterocycles. The summed E-state index contributed by atoms with van der Waals surface area (Å²) >= 11 is 7.52. The van der Waals surface area contributed by atoms with Crippen LogP contribution >= 0.6 is 23.4 Å². The highest BCUT2D eigenvalue weighted by atomic mass is 35.5. The zero-order chi connectivity index (χ0) is 27.7. The molecule has 4 aromatic rings. The van der Waals surface area contributed by atoms with Crippen LogP contribution < -0.4 is 0 Å². The van der Waals surface area contributed by atoms with Crippen LogP contribution in [0.1, 0.15) is 39.7 Å². The lowest BCUT2D eigenvalue weighted by molar-refractivity contribution is -0.142. The summed E-state index contributed by atoms with van der Waals surface area (Å²) in [5.74, 6) is 0.375. The summed E-state index contributed by atoms with van der Waals surface area (Å²) in [6, 6.07) is 15.8. The first-order valence-corrected chi connectivity index (χ1v) is 14.5. The Labute approximate surface area is 237 Å². The molecular formula is C29H33ClN6O2S. The van der Waals surface area contributed by atoms with Crippen LogP contribution in [-0.2, 0) is 16.1 Å². The van der Waals surface area contributed by atoms with Gasteiger partial charge in [-0.3, -0.25) is 9.59 Å². The molecule has 2 amide bonds. The van der Waals surface area contributed by atoms with Crippen molar-refractivity contribution in [3.8, 4) is 0 Å². The summed E-state index contributed by atoms with van der Waals surface area (Å²) in [6.45, 7) is 10.4. The molecule has 39 heavy (non-hydrogen) atoms. The Hall–Kier alpha value is -3.17. The molecule has 2 aromatic carbocycles. The Morgan fingerprint density at radius 3 is 2.59 bits per heavy atom. The van der Waals surface area contributed by atoms with E-state index in [2.05, 4.69) is 35.5 Å². The number of para-hydroxylation sites is 1. The van der Waals surface area contributed by atoms with Crippen molar-refractivity contribution >= 4 is 57.2 Å². The fraction of sp³-hybridized carbons (Fsp3) is 0.414. The van der Waals surface area contributed by atoms with Gasteiger partial charge in [0, 0.05) is 49.1 Å². The quantitative estimate of drug-likeness (QED) is 0.297. The van der Waals surface area contributed by atoms with Gasteiger partial charge in [0.2, 0.25) is 17.0 Å². The number of halogens is 1. The standard InChI is InChI=1S/C29H33ClN6O2S/c1-19-16-34(12-13-35(19)24(37)15-29(2,3)4)25(38)18-39-28-31-27-26(32-33-28)22-10-5-6-11-23(22)36(27)17-20-8-7-9-21(30)14-20/h5-11,14,19H,12-13,15-18H2,1-4H3. The Balaban J connectivity index is 1.30. The Bertz CT molecular complexity index is 1530. The van der Waals surface area contributed by atoms with Crippen LogP contribution in [0.2, 0.25) is 5.02 Å². The maximum absolute atomic E-state index is 13.1. The van der Waals surface area contributed by atoms with Gasteiger partial charge in [-0.05, 0) is 36.1 Å². The van der Waals surface area contributed by atoms with Crippen molar-refractivity contribution in [2.75, 3.05) is 25.4 Å². The lowest BCUT2D eigenvalue weighted by Crippen LogP contribution is -2.56. The maximum Gasteiger partial charge on any atom is 0.233 e. The van der Waals surface area contributed by atoms with Crippen molar-refractivity contribution in [1.29, 1.82) is 0 Å². The van der Waals surface area contributed by atoms with Crippen molar-refractivity contribution < 1.29 is 9.59 Å². The number of aromatic nitrogens is 4. The van der Waals surface area contributed by atoms with Gasteiger partial charge in [0.25, 0.3) is 0 Å². The topological polar surface area (TPSA) is 84.2 Å². The van der Waals surface area contributed by atoms with Crippen LogP contribution in [0.25, 0.3) is 22.1 Å². The van der Waals surface area contributed by atoms with E-state index in [0.29, 0.717) is 42.8 Å². The average molecular weight is 565 g/mol. The Morgan fingerprint density at radius 1 is 1.05 bits per heavy atom. The molecule has 10 heteroatoms. The van der Waals surface area contributed by atoms with Gasteiger partial charge in [-0.25, -0.2) is 4.98 Å². The molecule has 0 radical (unpaired) electrons. The minimum Gasteiger partial charge on any atom is -0.338 e. The summed E-state index contributed by atoms with van der Waals surface area (Å²) in [5, 5.41) is 11.0. The predicted octanol–water partition coefficient (Wildman–Crippen LogP) is 5.27. The van der Waals surface area contributed by atoms with E-state index in [0.717, 1.165) is 27.6 Å². The molecule has 1 atom stereocenters. The second-order valence-corrected chi connectivity index (χ2v) is 12.7. The largest absolute Gasteiger partial charge is 0.338 e. The SMILES string of the molecule is CC1CN(C(=O)CSc2nnc3c4ccccc4n(Cc4cccc(Cl)c4)c3n2)CCN1C(=O)CC(C)(C)C. The van der Waals surface area contributed by atoms with E-state index < -0.39 is 0 Å². The second kappa shape index (κ2) is 11.1. The normalized spacial score (nSPS) is 16.3. The van der Waals surface area contributed by atoms with E-state index >= 15 is 0 Å². The second-order valence-electron chi connectivity index (χ2n) is 11.3.